The van der Waals surface area contributed by atoms with Gasteiger partial charge in [-0.25, -0.2) is 0 Å². The maximum Gasteiger partial charge on any atom is 0.223 e. The van der Waals surface area contributed by atoms with Gasteiger partial charge in [0, 0.05) is 39.1 Å². The van der Waals surface area contributed by atoms with Gasteiger partial charge < -0.3 is 15.5 Å². The van der Waals surface area contributed by atoms with Gasteiger partial charge in [-0.15, -0.1) is 0 Å². The minimum Gasteiger partial charge on any atom is -0.357 e. The first kappa shape index (κ1) is 16.3. The van der Waals surface area contributed by atoms with Crippen molar-refractivity contribution < 1.29 is 4.79 Å². The Hall–Kier alpha value is -2.04. The average molecular weight is 302 g/mol. The number of hydrogen-bond donors (Lipinski definition) is 2. The molecule has 1 amide bonds. The fraction of sp³-hybridized carbons (Fsp3) is 0.529. The number of rotatable bonds is 6. The van der Waals surface area contributed by atoms with Gasteiger partial charge in [0.25, 0.3) is 0 Å². The summed E-state index contributed by atoms with van der Waals surface area (Å²) in [7, 11) is 0. The predicted octanol–water partition coefficient (Wildman–Crippen LogP) is 1.88. The Kier molecular flexibility index (Phi) is 6.25. The van der Waals surface area contributed by atoms with Crippen molar-refractivity contribution in [1.29, 1.82) is 0 Å². The van der Waals surface area contributed by atoms with Crippen molar-refractivity contribution in [2.45, 2.75) is 39.8 Å². The lowest BCUT2D eigenvalue weighted by Gasteiger charge is -2.15. The summed E-state index contributed by atoms with van der Waals surface area (Å²) in [5.74, 6) is 1.05. The van der Waals surface area contributed by atoms with E-state index in [9.17, 15) is 4.79 Å². The maximum atomic E-state index is 12.3. The van der Waals surface area contributed by atoms with Gasteiger partial charge in [-0.1, -0.05) is 24.3 Å². The first-order valence-corrected chi connectivity index (χ1v) is 8.11. The molecule has 0 radical (unpaired) electrons. The van der Waals surface area contributed by atoms with Gasteiger partial charge >= 0.3 is 0 Å². The van der Waals surface area contributed by atoms with Gasteiger partial charge in [0.1, 0.15) is 0 Å². The number of aliphatic imine (C=N–C) groups is 1. The molecule has 1 aromatic rings. The number of guanidine groups is 1. The molecule has 0 aromatic heterocycles. The molecule has 0 saturated heterocycles. The van der Waals surface area contributed by atoms with Crippen LogP contribution in [0.1, 0.15) is 37.8 Å². The molecule has 0 unspecified atom stereocenters. The molecule has 1 aliphatic rings. The summed E-state index contributed by atoms with van der Waals surface area (Å²) < 4.78 is 0. The molecule has 1 heterocycles. The van der Waals surface area contributed by atoms with Crippen molar-refractivity contribution in [2.75, 3.05) is 19.6 Å². The zero-order chi connectivity index (χ0) is 15.8. The number of nitrogens with zero attached hydrogens (tertiary/aromatic N) is 2. The summed E-state index contributed by atoms with van der Waals surface area (Å²) in [6, 6.07) is 8.27. The van der Waals surface area contributed by atoms with E-state index in [1.807, 2.05) is 30.9 Å². The minimum absolute atomic E-state index is 0.222. The normalized spacial score (nSPS) is 12.7. The highest BCUT2D eigenvalue weighted by molar-refractivity contribution is 5.80. The number of carbonyl (C=O) groups is 1. The lowest BCUT2D eigenvalue weighted by Crippen LogP contribution is -2.37. The first-order valence-electron chi connectivity index (χ1n) is 8.11. The molecule has 5 heteroatoms. The zero-order valence-electron chi connectivity index (χ0n) is 13.6. The molecular weight excluding hydrogens is 276 g/mol. The van der Waals surface area contributed by atoms with Crippen LogP contribution in [0.4, 0.5) is 0 Å². The molecule has 0 fully saturated rings. The van der Waals surface area contributed by atoms with Gasteiger partial charge in [-0.2, -0.15) is 0 Å². The van der Waals surface area contributed by atoms with E-state index in [0.717, 1.165) is 38.6 Å². The van der Waals surface area contributed by atoms with Crippen LogP contribution in [0.15, 0.2) is 29.3 Å². The van der Waals surface area contributed by atoms with Crippen molar-refractivity contribution >= 4 is 11.9 Å². The number of amides is 1. The van der Waals surface area contributed by atoms with E-state index in [1.54, 1.807) is 0 Å². The van der Waals surface area contributed by atoms with Gasteiger partial charge in [0.05, 0.1) is 0 Å². The van der Waals surface area contributed by atoms with E-state index >= 15 is 0 Å². The minimum atomic E-state index is 0.222. The summed E-state index contributed by atoms with van der Waals surface area (Å²) in [6.07, 6.45) is 1.34. The average Bonchev–Trinajstić information content (AvgIpc) is 2.95. The summed E-state index contributed by atoms with van der Waals surface area (Å²) in [5.41, 5.74) is 2.55. The van der Waals surface area contributed by atoms with Crippen molar-refractivity contribution in [3.05, 3.63) is 35.4 Å². The highest BCUT2D eigenvalue weighted by Crippen LogP contribution is 2.22. The van der Waals surface area contributed by atoms with Crippen molar-refractivity contribution in [3.8, 4) is 0 Å². The standard InChI is InChI=1S/C17H26N4O/c1-3-18-17(19-4-2)20-11-7-10-16(22)21-12-14-8-5-6-9-15(14)13-21/h5-6,8-9H,3-4,7,10-13H2,1-2H3,(H2,18,19,20). The second-order valence-corrected chi connectivity index (χ2v) is 5.41. The molecule has 0 spiro atoms. The van der Waals surface area contributed by atoms with Gasteiger partial charge in [0.2, 0.25) is 5.91 Å². The smallest absolute Gasteiger partial charge is 0.223 e. The summed E-state index contributed by atoms with van der Waals surface area (Å²) in [5, 5.41) is 6.36. The Morgan fingerprint density at radius 3 is 2.27 bits per heavy atom. The Balaban J connectivity index is 1.74. The molecule has 0 bridgehead atoms. The molecule has 120 valence electrons. The highest BCUT2D eigenvalue weighted by atomic mass is 16.2. The molecule has 0 saturated carbocycles. The Labute approximate surface area is 132 Å². The summed E-state index contributed by atoms with van der Waals surface area (Å²) in [6.45, 7) is 7.94. The number of fused-ring (bicyclic) bond motifs is 1. The van der Waals surface area contributed by atoms with E-state index in [0.29, 0.717) is 13.0 Å². The van der Waals surface area contributed by atoms with Crippen LogP contribution in [-0.4, -0.2) is 36.4 Å². The first-order chi connectivity index (χ1) is 10.7. The van der Waals surface area contributed by atoms with E-state index in [-0.39, 0.29) is 5.91 Å². The van der Waals surface area contributed by atoms with Crippen molar-refractivity contribution in [2.24, 2.45) is 4.99 Å². The molecule has 22 heavy (non-hydrogen) atoms. The molecule has 2 N–H and O–H groups in total. The van der Waals surface area contributed by atoms with Crippen molar-refractivity contribution in [3.63, 3.8) is 0 Å². The number of hydrogen-bond acceptors (Lipinski definition) is 2. The quantitative estimate of drug-likeness (QED) is 0.479. The topological polar surface area (TPSA) is 56.7 Å². The lowest BCUT2D eigenvalue weighted by molar-refractivity contribution is -0.131. The van der Waals surface area contributed by atoms with Crippen LogP contribution in [0.3, 0.4) is 0 Å². The van der Waals surface area contributed by atoms with Crippen LogP contribution < -0.4 is 10.6 Å². The second kappa shape index (κ2) is 8.41. The third-order valence-electron chi connectivity index (χ3n) is 3.70. The largest absolute Gasteiger partial charge is 0.357 e. The molecule has 1 aliphatic heterocycles. The molecule has 0 aliphatic carbocycles. The third-order valence-corrected chi connectivity index (χ3v) is 3.70. The van der Waals surface area contributed by atoms with Crippen LogP contribution in [-0.2, 0) is 17.9 Å². The van der Waals surface area contributed by atoms with Gasteiger partial charge in [0.15, 0.2) is 5.96 Å². The zero-order valence-corrected chi connectivity index (χ0v) is 13.6. The monoisotopic (exact) mass is 302 g/mol. The van der Waals surface area contributed by atoms with Crippen LogP contribution in [0, 0.1) is 0 Å². The molecule has 5 nitrogen and oxygen atoms in total. The highest BCUT2D eigenvalue weighted by Gasteiger charge is 2.21. The summed E-state index contributed by atoms with van der Waals surface area (Å²) in [4.78, 5) is 18.7. The van der Waals surface area contributed by atoms with Crippen LogP contribution in [0.25, 0.3) is 0 Å². The number of nitrogens with one attached hydrogen (secondary N) is 2. The summed E-state index contributed by atoms with van der Waals surface area (Å²) >= 11 is 0. The maximum absolute atomic E-state index is 12.3. The fourth-order valence-corrected chi connectivity index (χ4v) is 2.60. The SMILES string of the molecule is CCNC(=NCCCC(=O)N1Cc2ccccc2C1)NCC. The Morgan fingerprint density at radius 2 is 1.73 bits per heavy atom. The predicted molar refractivity (Wildman–Crippen MR) is 89.6 cm³/mol. The van der Waals surface area contributed by atoms with Crippen molar-refractivity contribution in [1.82, 2.24) is 15.5 Å². The second-order valence-electron chi connectivity index (χ2n) is 5.41. The third kappa shape index (κ3) is 4.48. The fourth-order valence-electron chi connectivity index (χ4n) is 2.60. The van der Waals surface area contributed by atoms with Gasteiger partial charge in [-0.3, -0.25) is 9.79 Å². The lowest BCUT2D eigenvalue weighted by atomic mass is 10.1. The van der Waals surface area contributed by atoms with E-state index in [2.05, 4.69) is 27.8 Å². The van der Waals surface area contributed by atoms with Crippen LogP contribution >= 0.6 is 0 Å². The van der Waals surface area contributed by atoms with E-state index in [4.69, 9.17) is 0 Å². The Bertz CT molecular complexity index is 494. The Morgan fingerprint density at radius 1 is 1.14 bits per heavy atom. The molecule has 2 rings (SSSR count). The number of carbonyl (C=O) groups excluding carboxylic acids is 1. The number of benzene rings is 1. The molecule has 0 atom stereocenters. The molecule has 1 aromatic carbocycles. The molecular formula is C17H26N4O. The van der Waals surface area contributed by atoms with E-state index < -0.39 is 0 Å². The van der Waals surface area contributed by atoms with Crippen LogP contribution in [0.5, 0.6) is 0 Å². The van der Waals surface area contributed by atoms with Gasteiger partial charge in [-0.05, 0) is 31.4 Å². The van der Waals surface area contributed by atoms with Crippen LogP contribution in [0.2, 0.25) is 0 Å². The van der Waals surface area contributed by atoms with E-state index in [1.165, 1.54) is 11.1 Å².